The lowest BCUT2D eigenvalue weighted by atomic mass is 9.56. The average molecular weight is 1990 g/mol. The zero-order valence-electron chi connectivity index (χ0n) is 80.1. The monoisotopic (exact) mass is 1980 g/mol. The Morgan fingerprint density at radius 1 is 0.430 bits per heavy atom. The van der Waals surface area contributed by atoms with Crippen molar-refractivity contribution in [2.45, 2.75) is 233 Å². The summed E-state index contributed by atoms with van der Waals surface area (Å²) in [5.41, 5.74) is 8.01. The molecule has 16 unspecified atom stereocenters. The summed E-state index contributed by atoms with van der Waals surface area (Å²) in [7, 11) is -5.75. The Bertz CT molecular complexity index is 6710. The van der Waals surface area contributed by atoms with Crippen LogP contribution in [0.25, 0.3) is 41.6 Å². The maximum Gasteiger partial charge on any atom is 0.534 e. The van der Waals surface area contributed by atoms with E-state index in [1.54, 1.807) is 42.9 Å². The molecular weight excluding hydrogens is 1870 g/mol. The standard InChI is InChI=1S/C31H32FN2O2.C31H31FN2O.C27H27F4NO4S.C27H27FN2O.CH2Cl2/c1-19-16-27-23(9-10-26-24(27)11-12-28(33-2)30(26)32)25-13-14-31(35,29(19)25)17-20-5-7-21(8-6-20)22-4-3-15-34(36)18-22;1-19-16-27-23(9-10-26-24(27)11-12-28(33-2)30(26)32)25-13-14-31(35,29(19)25)17-20-5-7-21(8-6-20)22-4-3-15-34-18-22;1-15-13-22-18(7-8-21-19(22)9-10-23(32-2)25(21)28)20-11-12-26(33,24(15)20)14-16-3-5-17(6-4-16)36-37(34,35)27(29,30)31;1-16-13-23-19(7-8-22-20(23)9-10-24(30-2)26(22)28)21-11-12-27(31,25(16)21)14-17-3-5-18(15-29)6-4-17;2-1-3/h3-8,11-12,15,18-19,23,25,27,29,35-36H,9-10,13-14,16-17H2,1H3;3-8,11-12,15,18-19,23,25,27,29,35H,9-10,13-14,16-17H2,1H3;3-6,9-10,15,18,20,22,24,33H,7-8,11-14H2,1H3;3-6,9-10,16,19,21,23,25,31H,7-8,11-14H2,1H3;1H2/q+1;;;;/t2*19-,23?,25?,27?,29?,31-;15-,18?,20?,22?,24?,26-;16-,19?,21?,23?,25?,27-;/m1111./s1. The summed E-state index contributed by atoms with van der Waals surface area (Å²) in [4.78, 5) is 17.6. The first-order chi connectivity index (χ1) is 68.1. The minimum atomic E-state index is -5.75. The van der Waals surface area contributed by atoms with Crippen molar-refractivity contribution in [2.75, 3.05) is 5.34 Å². The number of rotatable bonds is 12. The Balaban J connectivity index is 0.000000124. The third-order valence-corrected chi connectivity index (χ3v) is 36.8. The van der Waals surface area contributed by atoms with Crippen molar-refractivity contribution in [1.29, 1.82) is 5.26 Å². The van der Waals surface area contributed by atoms with Crippen LogP contribution >= 0.6 is 23.2 Å². The molecule has 0 aliphatic heterocycles. The van der Waals surface area contributed by atoms with Gasteiger partial charge < -0.3 is 24.6 Å². The topological polar surface area (TPSA) is 203 Å². The third-order valence-electron chi connectivity index (χ3n) is 35.8. The minimum Gasteiger partial charge on any atom is -0.389 e. The normalized spacial score (nSPS) is 31.0. The number of nitrogens with zero attached hydrogens (tertiary/aromatic N) is 7. The van der Waals surface area contributed by atoms with Crippen LogP contribution in [0.1, 0.15) is 226 Å². The van der Waals surface area contributed by atoms with Crippen LogP contribution < -0.4 is 8.91 Å². The summed E-state index contributed by atoms with van der Waals surface area (Å²) in [6.45, 7) is 37.8. The molecule has 8 saturated carbocycles. The number of hydrogen-bond donors (Lipinski definition) is 5. The molecule has 5 N–H and O–H groups in total. The number of pyridine rings is 2. The minimum absolute atomic E-state index is 0.0178. The van der Waals surface area contributed by atoms with Gasteiger partial charge in [0.05, 0.1) is 71.2 Å². The fraction of sp³-hybridized carbons (Fsp3) is 0.462. The Labute approximate surface area is 838 Å². The molecule has 0 bridgehead atoms. The molecule has 22 rings (SSSR count). The molecule has 0 saturated heterocycles. The van der Waals surface area contributed by atoms with Crippen LogP contribution in [0.5, 0.6) is 5.75 Å². The number of aliphatic hydroxyl groups is 4. The second kappa shape index (κ2) is 40.9. The van der Waals surface area contributed by atoms with E-state index in [0.717, 1.165) is 173 Å². The van der Waals surface area contributed by atoms with Crippen LogP contribution in [0.4, 0.5) is 53.5 Å². The number of hydrogen-bond acceptors (Lipinski definition) is 10. The molecule has 25 heteroatoms. The molecule has 738 valence electrons. The second-order valence-corrected chi connectivity index (χ2v) is 45.4. The van der Waals surface area contributed by atoms with Gasteiger partial charge in [-0.2, -0.15) is 26.9 Å². The molecule has 12 aliphatic carbocycles. The van der Waals surface area contributed by atoms with Crippen molar-refractivity contribution in [2.24, 2.45) is 94.7 Å². The quantitative estimate of drug-likeness (QED) is 0.0149. The van der Waals surface area contributed by atoms with E-state index in [9.17, 15) is 64.8 Å². The summed E-state index contributed by atoms with van der Waals surface area (Å²) in [6, 6.07) is 54.2. The van der Waals surface area contributed by atoms with Crippen molar-refractivity contribution in [1.82, 2.24) is 4.98 Å². The molecule has 0 spiro atoms. The summed E-state index contributed by atoms with van der Waals surface area (Å²) < 4.78 is 125. The molecule has 8 aromatic carbocycles. The Morgan fingerprint density at radius 3 is 1.01 bits per heavy atom. The number of halogens is 9. The van der Waals surface area contributed by atoms with E-state index < -0.39 is 49.6 Å². The Kier molecular flexibility index (Phi) is 29.1. The van der Waals surface area contributed by atoms with E-state index in [2.05, 4.69) is 117 Å². The predicted octanol–water partition coefficient (Wildman–Crippen LogP) is 27.0. The molecule has 0 radical (unpaired) electrons. The summed E-state index contributed by atoms with van der Waals surface area (Å²) in [5.74, 6) is 4.79. The number of nitriles is 1. The zero-order chi connectivity index (χ0) is 100. The van der Waals surface area contributed by atoms with Crippen molar-refractivity contribution in [3.8, 4) is 34.1 Å². The van der Waals surface area contributed by atoms with Crippen LogP contribution in [-0.4, -0.2) is 72.3 Å². The van der Waals surface area contributed by atoms with Gasteiger partial charge in [0.1, 0.15) is 29.0 Å². The highest BCUT2D eigenvalue weighted by Crippen LogP contribution is 2.67. The first-order valence-corrected chi connectivity index (χ1v) is 52.7. The van der Waals surface area contributed by atoms with Crippen LogP contribution in [-0.2, 0) is 61.5 Å². The number of aromatic nitrogens is 2. The van der Waals surface area contributed by atoms with Gasteiger partial charge in [0, 0.05) is 48.9 Å². The van der Waals surface area contributed by atoms with Crippen LogP contribution in [0, 0.1) is 156 Å². The van der Waals surface area contributed by atoms with E-state index in [4.69, 9.17) is 54.8 Å². The third kappa shape index (κ3) is 19.3. The van der Waals surface area contributed by atoms with Crippen LogP contribution in [0.3, 0.4) is 0 Å². The highest BCUT2D eigenvalue weighted by Gasteiger charge is 2.62. The molecule has 24 atom stereocenters. The van der Waals surface area contributed by atoms with Crippen LogP contribution in [0.15, 0.2) is 195 Å². The maximum absolute atomic E-state index is 14.9. The lowest BCUT2D eigenvalue weighted by Crippen LogP contribution is -2.47. The number of alkyl halides is 5. The summed E-state index contributed by atoms with van der Waals surface area (Å²) >= 11 is 9.53. The highest BCUT2D eigenvalue weighted by atomic mass is 35.5. The Morgan fingerprint density at radius 2 is 0.725 bits per heavy atom. The van der Waals surface area contributed by atoms with Gasteiger partial charge in [-0.05, 0) is 367 Å². The fourth-order valence-corrected chi connectivity index (χ4v) is 31.1. The van der Waals surface area contributed by atoms with E-state index >= 15 is 0 Å². The van der Waals surface area contributed by atoms with Gasteiger partial charge >= 0.3 is 15.6 Å². The summed E-state index contributed by atoms with van der Waals surface area (Å²) in [6.07, 6.45) is 26.1. The van der Waals surface area contributed by atoms with E-state index in [0.29, 0.717) is 151 Å². The largest absolute Gasteiger partial charge is 0.534 e. The van der Waals surface area contributed by atoms with Gasteiger partial charge in [0.2, 0.25) is 35.1 Å². The lowest BCUT2D eigenvalue weighted by Gasteiger charge is -2.50. The van der Waals surface area contributed by atoms with Crippen molar-refractivity contribution < 1.29 is 73.7 Å². The predicted molar refractivity (Wildman–Crippen MR) is 532 cm³/mol. The van der Waals surface area contributed by atoms with E-state index in [1.807, 2.05) is 72.9 Å². The molecule has 2 heterocycles. The molecule has 12 aliphatic rings. The van der Waals surface area contributed by atoms with Gasteiger partial charge in [0.25, 0.3) is 0 Å². The number of fused-ring (bicyclic) bond motifs is 20. The average Bonchev–Trinajstić information content (AvgIpc) is 1.54. The SMILES string of the molecule is ClCCl.[C-]#[N+]c1ccc2c(c1F)CCC1C2C[C@@H](C)C2C1CC[C@@]2(O)Cc1ccc(-c2ccc[n+](O)c2)cc1.[C-]#[N+]c1ccc2c(c1F)CCC1C2C[C@@H](C)C2C1CC[C@@]2(O)Cc1ccc(-c2cccnc2)cc1.[C-]#[N+]c1ccc2c(c1F)CCC1C2C[C@@H](C)C2C1CC[C@@]2(O)Cc1ccc(C#N)cc1.[C-]#[N+]c1ccc2c(c1F)CCC1C2C[C@@H](C)C2C1CC[C@@]2(O)Cc1ccc(OS(=O)(=O)C(F)(F)F)cc1. The molecule has 15 nitrogen and oxygen atoms in total. The first-order valence-electron chi connectivity index (χ1n) is 50.2. The van der Waals surface area contributed by atoms with Gasteiger partial charge in [-0.3, -0.25) is 10.2 Å². The molecule has 2 aromatic heterocycles. The smallest absolute Gasteiger partial charge is 0.389 e. The van der Waals surface area contributed by atoms with Gasteiger partial charge in [0.15, 0.2) is 0 Å². The molecule has 8 fully saturated rings. The Hall–Kier alpha value is -11.0. The van der Waals surface area contributed by atoms with Gasteiger partial charge in [-0.15, -0.1) is 23.2 Å². The van der Waals surface area contributed by atoms with E-state index in [1.165, 1.54) is 29.8 Å². The van der Waals surface area contributed by atoms with Crippen molar-refractivity contribution in [3.05, 3.63) is 336 Å². The second-order valence-electron chi connectivity index (χ2n) is 43.1. The van der Waals surface area contributed by atoms with Crippen molar-refractivity contribution >= 4 is 56.1 Å². The van der Waals surface area contributed by atoms with Gasteiger partial charge in [-0.1, -0.05) is 155 Å². The summed E-state index contributed by atoms with van der Waals surface area (Å²) in [5, 5.41) is 66.5. The van der Waals surface area contributed by atoms with Gasteiger partial charge in [-0.25, -0.2) is 36.9 Å². The van der Waals surface area contributed by atoms with Crippen LogP contribution in [0.2, 0.25) is 0 Å². The maximum atomic E-state index is 14.9. The lowest BCUT2D eigenvalue weighted by molar-refractivity contribution is -0.904. The first kappa shape index (κ1) is 101. The number of benzene rings is 8. The fourth-order valence-electron chi connectivity index (χ4n) is 30.6. The molecule has 10 aromatic rings. The van der Waals surface area contributed by atoms with Crippen molar-refractivity contribution in [3.63, 3.8) is 0 Å². The molecule has 0 amide bonds. The zero-order valence-corrected chi connectivity index (χ0v) is 82.4. The molecule has 142 heavy (non-hydrogen) atoms. The highest BCUT2D eigenvalue weighted by molar-refractivity contribution is 7.88. The van der Waals surface area contributed by atoms with E-state index in [-0.39, 0.29) is 87.0 Å². The molecular formula is C117H119Cl2F7N7O8S+.